The summed E-state index contributed by atoms with van der Waals surface area (Å²) in [6.07, 6.45) is 16.3. The molecule has 1 heterocycles. The summed E-state index contributed by atoms with van der Waals surface area (Å²) >= 11 is 1.95. The Hall–Kier alpha value is -7.33. The smallest absolute Gasteiger partial charge is 0.158 e. The SMILES string of the molecule is C=NC(=N/C(=C1/C=CC=CC1)[C@@H](C)c1ccc(-c2ccc3c(c2)C(/C=C\CCC)=C(C)C32c3ccc4ccccc4c3Sc3c2ccc2ccccc32)cc1)c1ccc(-c2ccccc2)cc1. The van der Waals surface area contributed by atoms with E-state index < -0.39 is 5.41 Å². The minimum absolute atomic E-state index is 0.0118. The molecule has 1 spiro atoms. The lowest BCUT2D eigenvalue weighted by molar-refractivity contribution is 0.707. The largest absolute Gasteiger partial charge is 0.245 e. The van der Waals surface area contributed by atoms with E-state index in [4.69, 9.17) is 4.99 Å². The minimum atomic E-state index is -0.445. The van der Waals surface area contributed by atoms with Crippen LogP contribution in [0.5, 0.6) is 0 Å². The molecule has 0 amide bonds. The Kier molecular flexibility index (Phi) is 11.2. The van der Waals surface area contributed by atoms with E-state index in [0.29, 0.717) is 5.84 Å². The number of rotatable bonds is 9. The summed E-state index contributed by atoms with van der Waals surface area (Å²) in [4.78, 5) is 12.5. The summed E-state index contributed by atoms with van der Waals surface area (Å²) in [6.45, 7) is 10.9. The molecular weight excluding hydrogens is 829 g/mol. The van der Waals surface area contributed by atoms with Crippen LogP contribution in [0.4, 0.5) is 0 Å². The molecule has 8 aromatic rings. The highest BCUT2D eigenvalue weighted by Crippen LogP contribution is 2.63. The average molecular weight is 881 g/mol. The molecule has 0 aromatic heterocycles. The zero-order chi connectivity index (χ0) is 45.5. The van der Waals surface area contributed by atoms with E-state index in [0.717, 1.165) is 36.1 Å². The van der Waals surface area contributed by atoms with Gasteiger partial charge < -0.3 is 0 Å². The summed E-state index contributed by atoms with van der Waals surface area (Å²) in [5.74, 6) is 0.637. The molecule has 11 rings (SSSR count). The van der Waals surface area contributed by atoms with Crippen molar-refractivity contribution in [2.24, 2.45) is 9.98 Å². The third kappa shape index (κ3) is 7.30. The number of aliphatic imine (C=N–C) groups is 2. The molecule has 3 heteroatoms. The number of unbranched alkanes of at least 4 members (excludes halogenated alkanes) is 1. The third-order valence-electron chi connectivity index (χ3n) is 14.2. The van der Waals surface area contributed by atoms with E-state index in [1.807, 2.05) is 17.8 Å². The van der Waals surface area contributed by atoms with Crippen molar-refractivity contribution in [2.45, 2.75) is 61.2 Å². The van der Waals surface area contributed by atoms with Crippen molar-refractivity contribution < 1.29 is 0 Å². The topological polar surface area (TPSA) is 24.7 Å². The highest BCUT2D eigenvalue weighted by molar-refractivity contribution is 8.00. The maximum absolute atomic E-state index is 5.31. The molecule has 3 aliphatic rings. The van der Waals surface area contributed by atoms with Crippen LogP contribution in [0, 0.1) is 0 Å². The number of fused-ring (bicyclic) bond motifs is 10. The van der Waals surface area contributed by atoms with Crippen molar-refractivity contribution in [1.29, 1.82) is 0 Å². The number of nitrogens with zero attached hydrogens (tertiary/aromatic N) is 2. The predicted molar refractivity (Wildman–Crippen MR) is 287 cm³/mol. The predicted octanol–water partition coefficient (Wildman–Crippen LogP) is 17.3. The van der Waals surface area contributed by atoms with Crippen molar-refractivity contribution in [3.05, 3.63) is 257 Å². The fraction of sp³-hybridized carbons (Fsp3) is 0.125. The molecule has 0 fully saturated rings. The molecule has 0 unspecified atom stereocenters. The molecule has 1 atom stereocenters. The van der Waals surface area contributed by atoms with E-state index in [-0.39, 0.29) is 5.92 Å². The van der Waals surface area contributed by atoms with Gasteiger partial charge in [-0.25, -0.2) is 9.98 Å². The Morgan fingerprint density at radius 2 is 1.27 bits per heavy atom. The second-order valence-corrected chi connectivity index (χ2v) is 19.0. The second kappa shape index (κ2) is 17.8. The molecule has 2 nitrogen and oxygen atoms in total. The van der Waals surface area contributed by atoms with Gasteiger partial charge in [-0.2, -0.15) is 0 Å². The van der Waals surface area contributed by atoms with Crippen LogP contribution >= 0.6 is 11.8 Å². The van der Waals surface area contributed by atoms with Gasteiger partial charge in [0.25, 0.3) is 0 Å². The molecule has 8 aromatic carbocycles. The maximum atomic E-state index is 5.31. The summed E-state index contributed by atoms with van der Waals surface area (Å²) < 4.78 is 0. The van der Waals surface area contributed by atoms with Crippen LogP contribution in [0.2, 0.25) is 0 Å². The highest BCUT2D eigenvalue weighted by atomic mass is 32.2. The van der Waals surface area contributed by atoms with Crippen molar-refractivity contribution in [3.63, 3.8) is 0 Å². The fourth-order valence-electron chi connectivity index (χ4n) is 10.7. The zero-order valence-corrected chi connectivity index (χ0v) is 39.2. The zero-order valence-electron chi connectivity index (χ0n) is 38.3. The van der Waals surface area contributed by atoms with Crippen molar-refractivity contribution >= 4 is 51.4 Å². The van der Waals surface area contributed by atoms with Crippen LogP contribution in [-0.4, -0.2) is 12.6 Å². The van der Waals surface area contributed by atoms with Gasteiger partial charge in [0.1, 0.15) is 0 Å². The number of benzene rings is 8. The molecule has 0 bridgehead atoms. The van der Waals surface area contributed by atoms with Crippen LogP contribution < -0.4 is 0 Å². The van der Waals surface area contributed by atoms with E-state index >= 15 is 0 Å². The molecule has 0 N–H and O–H groups in total. The van der Waals surface area contributed by atoms with Gasteiger partial charge in [-0.05, 0) is 121 Å². The fourth-order valence-corrected chi connectivity index (χ4v) is 12.2. The Labute approximate surface area is 399 Å². The standard InChI is InChI=1S/C64H52N2S/c1-5-6-9-24-53-43(3)64(58-39-35-48-20-14-16-25-54(48)61(58)67-62-55-26-17-15-21-49(55)36-40-59(62)64)57-38-37-52(41-56(53)57)47-29-27-44(28-30-47)42(2)60(50-22-12-8-13-23-50)66-63(65-4)51-33-31-46(32-34-51)45-18-10-7-11-19-45/h7-22,24-42H,4-6,23H2,1-3H3/b24-9-,60-50-,66-63?/t42-/m0/s1. The molecule has 0 saturated heterocycles. The van der Waals surface area contributed by atoms with Gasteiger partial charge in [0.15, 0.2) is 5.84 Å². The van der Waals surface area contributed by atoms with Gasteiger partial charge in [-0.3, -0.25) is 0 Å². The van der Waals surface area contributed by atoms with Crippen molar-refractivity contribution in [2.75, 3.05) is 0 Å². The quantitative estimate of drug-likeness (QED) is 0.105. The van der Waals surface area contributed by atoms with Crippen LogP contribution in [0.3, 0.4) is 0 Å². The third-order valence-corrected chi connectivity index (χ3v) is 15.5. The molecule has 2 aliphatic carbocycles. The summed E-state index contributed by atoms with van der Waals surface area (Å²) in [6, 6.07) is 62.7. The number of hydrogen-bond donors (Lipinski definition) is 0. The van der Waals surface area contributed by atoms with E-state index in [1.54, 1.807) is 0 Å². The lowest BCUT2D eigenvalue weighted by Gasteiger charge is -2.41. The molecular formula is C64H52N2S. The Balaban J connectivity index is 1.000. The first-order valence-corrected chi connectivity index (χ1v) is 24.4. The van der Waals surface area contributed by atoms with Gasteiger partial charge in [0, 0.05) is 21.3 Å². The summed E-state index contributed by atoms with van der Waals surface area (Å²) in [7, 11) is 0. The van der Waals surface area contributed by atoms with Crippen molar-refractivity contribution in [3.8, 4) is 22.3 Å². The number of amidine groups is 1. The highest BCUT2D eigenvalue weighted by Gasteiger charge is 2.50. The Morgan fingerprint density at radius 1 is 0.672 bits per heavy atom. The summed E-state index contributed by atoms with van der Waals surface area (Å²) in [5, 5.41) is 5.18. The monoisotopic (exact) mass is 880 g/mol. The van der Waals surface area contributed by atoms with Gasteiger partial charge >= 0.3 is 0 Å². The van der Waals surface area contributed by atoms with Gasteiger partial charge in [-0.1, -0.05) is 232 Å². The summed E-state index contributed by atoms with van der Waals surface area (Å²) in [5.41, 5.74) is 16.7. The molecule has 324 valence electrons. The first-order valence-electron chi connectivity index (χ1n) is 23.6. The Bertz CT molecular complexity index is 3350. The number of allylic oxidation sites excluding steroid dienone is 10. The van der Waals surface area contributed by atoms with Crippen molar-refractivity contribution in [1.82, 2.24) is 0 Å². The average Bonchev–Trinajstić information content (AvgIpc) is 3.63. The van der Waals surface area contributed by atoms with Crippen LogP contribution in [-0.2, 0) is 5.41 Å². The van der Waals surface area contributed by atoms with Gasteiger partial charge in [-0.15, -0.1) is 0 Å². The second-order valence-electron chi connectivity index (χ2n) is 18.0. The first kappa shape index (κ1) is 42.3. The lowest BCUT2D eigenvalue weighted by Crippen LogP contribution is -2.32. The van der Waals surface area contributed by atoms with Crippen LogP contribution in [0.25, 0.3) is 49.4 Å². The molecule has 0 saturated carbocycles. The van der Waals surface area contributed by atoms with Gasteiger partial charge in [0.05, 0.1) is 11.1 Å². The Morgan fingerprint density at radius 3 is 1.91 bits per heavy atom. The molecule has 67 heavy (non-hydrogen) atoms. The van der Waals surface area contributed by atoms with Crippen LogP contribution in [0.1, 0.15) is 79.3 Å². The van der Waals surface area contributed by atoms with E-state index in [2.05, 4.69) is 233 Å². The van der Waals surface area contributed by atoms with E-state index in [9.17, 15) is 0 Å². The lowest BCUT2D eigenvalue weighted by atomic mass is 9.66. The molecule has 1 aliphatic heterocycles. The first-order chi connectivity index (χ1) is 33.0. The normalized spacial score (nSPS) is 16.1. The number of hydrogen-bond acceptors (Lipinski definition) is 2. The van der Waals surface area contributed by atoms with Crippen LogP contribution in [0.15, 0.2) is 243 Å². The minimum Gasteiger partial charge on any atom is -0.245 e. The van der Waals surface area contributed by atoms with Gasteiger partial charge in [0.2, 0.25) is 0 Å². The molecule has 0 radical (unpaired) electrons. The van der Waals surface area contributed by atoms with E-state index in [1.165, 1.54) is 92.6 Å². The maximum Gasteiger partial charge on any atom is 0.158 e.